The van der Waals surface area contributed by atoms with Crippen LogP contribution in [0.3, 0.4) is 0 Å². The summed E-state index contributed by atoms with van der Waals surface area (Å²) in [6.45, 7) is 3.62. The van der Waals surface area contributed by atoms with Gasteiger partial charge in [0.1, 0.15) is 5.75 Å². The van der Waals surface area contributed by atoms with Crippen LogP contribution in [0.5, 0.6) is 5.75 Å². The highest BCUT2D eigenvalue weighted by Gasteiger charge is 2.13. The number of rotatable bonds is 5. The number of halogens is 1. The second kappa shape index (κ2) is 8.56. The molecule has 2 rings (SSSR count). The molecule has 1 unspecified atom stereocenters. The third-order valence-electron chi connectivity index (χ3n) is 3.60. The second-order valence-electron chi connectivity index (χ2n) is 5.34. The quantitative estimate of drug-likeness (QED) is 0.881. The Balaban J connectivity index is 0.00000264. The molecule has 3 N–H and O–H groups in total. The van der Waals surface area contributed by atoms with Crippen molar-refractivity contribution in [2.75, 3.05) is 7.11 Å². The first-order chi connectivity index (χ1) is 10.5. The normalized spacial score (nSPS) is 12.7. The van der Waals surface area contributed by atoms with Crippen molar-refractivity contribution >= 4 is 18.3 Å². The van der Waals surface area contributed by atoms with Gasteiger partial charge in [0.05, 0.1) is 19.2 Å². The Morgan fingerprint density at radius 2 is 1.70 bits per heavy atom. The summed E-state index contributed by atoms with van der Waals surface area (Å²) in [4.78, 5) is 11.6. The largest absolute Gasteiger partial charge is 0.496 e. The highest BCUT2D eigenvalue weighted by molar-refractivity contribution is 5.85. The lowest BCUT2D eigenvalue weighted by Crippen LogP contribution is -2.39. The van der Waals surface area contributed by atoms with Crippen molar-refractivity contribution in [2.24, 2.45) is 5.73 Å². The minimum atomic E-state index is -0.504. The van der Waals surface area contributed by atoms with Crippen LogP contribution in [0.1, 0.15) is 25.5 Å². The topological polar surface area (TPSA) is 64.3 Å². The van der Waals surface area contributed by atoms with Gasteiger partial charge in [0.15, 0.2) is 0 Å². The SMILES string of the molecule is COc1ccccc1-c1ccc(C(C)NC(=O)[C@H](C)N)cc1.Cl. The van der Waals surface area contributed by atoms with Crippen LogP contribution >= 0.6 is 12.4 Å². The molecule has 23 heavy (non-hydrogen) atoms. The van der Waals surface area contributed by atoms with Gasteiger partial charge in [-0.15, -0.1) is 12.4 Å². The van der Waals surface area contributed by atoms with E-state index in [0.717, 1.165) is 22.4 Å². The number of benzene rings is 2. The highest BCUT2D eigenvalue weighted by atomic mass is 35.5. The highest BCUT2D eigenvalue weighted by Crippen LogP contribution is 2.30. The summed E-state index contributed by atoms with van der Waals surface area (Å²) in [5.41, 5.74) is 8.72. The maximum Gasteiger partial charge on any atom is 0.237 e. The summed E-state index contributed by atoms with van der Waals surface area (Å²) >= 11 is 0. The number of carbonyl (C=O) groups excluding carboxylic acids is 1. The lowest BCUT2D eigenvalue weighted by Gasteiger charge is -2.16. The Labute approximate surface area is 143 Å². The molecule has 4 nitrogen and oxygen atoms in total. The van der Waals surface area contributed by atoms with Crippen LogP contribution in [-0.4, -0.2) is 19.1 Å². The van der Waals surface area contributed by atoms with Crippen LogP contribution in [0.15, 0.2) is 48.5 Å². The van der Waals surface area contributed by atoms with Crippen LogP contribution in [-0.2, 0) is 4.79 Å². The molecule has 0 saturated heterocycles. The Morgan fingerprint density at radius 3 is 2.26 bits per heavy atom. The Hall–Kier alpha value is -2.04. The van der Waals surface area contributed by atoms with Crippen LogP contribution in [0.25, 0.3) is 11.1 Å². The van der Waals surface area contributed by atoms with Crippen molar-refractivity contribution in [3.63, 3.8) is 0 Å². The van der Waals surface area contributed by atoms with E-state index in [1.54, 1.807) is 14.0 Å². The van der Waals surface area contributed by atoms with Gasteiger partial charge in [0, 0.05) is 5.56 Å². The van der Waals surface area contributed by atoms with Gasteiger partial charge in [0.25, 0.3) is 0 Å². The van der Waals surface area contributed by atoms with Gasteiger partial charge in [0.2, 0.25) is 5.91 Å². The number of methoxy groups -OCH3 is 1. The first-order valence-electron chi connectivity index (χ1n) is 7.32. The smallest absolute Gasteiger partial charge is 0.237 e. The number of carbonyl (C=O) groups is 1. The number of nitrogens with two attached hydrogens (primary N) is 1. The molecule has 0 spiro atoms. The van der Waals surface area contributed by atoms with E-state index in [-0.39, 0.29) is 24.4 Å². The van der Waals surface area contributed by atoms with Crippen molar-refractivity contribution in [3.8, 4) is 16.9 Å². The molecule has 5 heteroatoms. The third-order valence-corrected chi connectivity index (χ3v) is 3.60. The number of para-hydroxylation sites is 1. The van der Waals surface area contributed by atoms with Crippen molar-refractivity contribution in [1.29, 1.82) is 0 Å². The fraction of sp³-hybridized carbons (Fsp3) is 0.278. The number of amides is 1. The number of hydrogen-bond donors (Lipinski definition) is 2. The second-order valence-corrected chi connectivity index (χ2v) is 5.34. The number of ether oxygens (including phenoxy) is 1. The standard InChI is InChI=1S/C18H22N2O2.ClH/c1-12(19)18(21)20-13(2)14-8-10-15(11-9-14)16-6-4-5-7-17(16)22-3;/h4-13H,19H2,1-3H3,(H,20,21);1H/t12-,13?;/m0./s1. The summed E-state index contributed by atoms with van der Waals surface area (Å²) < 4.78 is 5.39. The van der Waals surface area contributed by atoms with Crippen LogP contribution in [0.4, 0.5) is 0 Å². The molecule has 0 aliphatic carbocycles. The van der Waals surface area contributed by atoms with Gasteiger partial charge in [-0.2, -0.15) is 0 Å². The predicted octanol–water partition coefficient (Wildman–Crippen LogP) is 3.31. The van der Waals surface area contributed by atoms with Gasteiger partial charge in [-0.3, -0.25) is 4.79 Å². The minimum Gasteiger partial charge on any atom is -0.496 e. The molecular formula is C18H23ClN2O2. The maximum atomic E-state index is 11.6. The molecule has 1 amide bonds. The molecule has 0 fully saturated rings. The van der Waals surface area contributed by atoms with E-state index in [1.807, 2.05) is 55.5 Å². The fourth-order valence-corrected chi connectivity index (χ4v) is 2.26. The lowest BCUT2D eigenvalue weighted by molar-refractivity contribution is -0.122. The minimum absolute atomic E-state index is 0. The van der Waals surface area contributed by atoms with Gasteiger partial charge in [-0.05, 0) is 31.0 Å². The molecule has 0 heterocycles. The molecule has 0 aliphatic heterocycles. The first-order valence-corrected chi connectivity index (χ1v) is 7.32. The Bertz CT molecular complexity index is 642. The van der Waals surface area contributed by atoms with Gasteiger partial charge in [-0.1, -0.05) is 42.5 Å². The van der Waals surface area contributed by atoms with E-state index in [0.29, 0.717) is 0 Å². The maximum absolute atomic E-state index is 11.6. The van der Waals surface area contributed by atoms with Crippen molar-refractivity contribution in [3.05, 3.63) is 54.1 Å². The van der Waals surface area contributed by atoms with E-state index >= 15 is 0 Å². The van der Waals surface area contributed by atoms with Crippen molar-refractivity contribution < 1.29 is 9.53 Å². The van der Waals surface area contributed by atoms with E-state index in [2.05, 4.69) is 5.32 Å². The third kappa shape index (κ3) is 4.71. The molecule has 0 aromatic heterocycles. The zero-order chi connectivity index (χ0) is 16.1. The molecule has 0 saturated carbocycles. The zero-order valence-corrected chi connectivity index (χ0v) is 14.4. The van der Waals surface area contributed by atoms with Crippen molar-refractivity contribution in [1.82, 2.24) is 5.32 Å². The average molecular weight is 335 g/mol. The van der Waals surface area contributed by atoms with Gasteiger partial charge < -0.3 is 15.8 Å². The van der Waals surface area contributed by atoms with E-state index in [9.17, 15) is 4.79 Å². The van der Waals surface area contributed by atoms with Crippen LogP contribution < -0.4 is 15.8 Å². The molecule has 2 aromatic rings. The summed E-state index contributed by atoms with van der Waals surface area (Å²) in [5, 5.41) is 2.89. The average Bonchev–Trinajstić information content (AvgIpc) is 2.54. The number of nitrogens with one attached hydrogen (secondary N) is 1. The zero-order valence-electron chi connectivity index (χ0n) is 13.6. The fourth-order valence-electron chi connectivity index (χ4n) is 2.26. The molecule has 0 bridgehead atoms. The monoisotopic (exact) mass is 334 g/mol. The molecule has 2 atom stereocenters. The summed E-state index contributed by atoms with van der Waals surface area (Å²) in [7, 11) is 1.67. The van der Waals surface area contributed by atoms with Gasteiger partial charge >= 0.3 is 0 Å². The van der Waals surface area contributed by atoms with Crippen LogP contribution in [0.2, 0.25) is 0 Å². The van der Waals surface area contributed by atoms with Gasteiger partial charge in [-0.25, -0.2) is 0 Å². The summed E-state index contributed by atoms with van der Waals surface area (Å²) in [6, 6.07) is 15.4. The Kier molecular flexibility index (Phi) is 7.07. The van der Waals surface area contributed by atoms with E-state index in [1.165, 1.54) is 0 Å². The number of hydrogen-bond acceptors (Lipinski definition) is 3. The van der Waals surface area contributed by atoms with Crippen LogP contribution in [0, 0.1) is 0 Å². The lowest BCUT2D eigenvalue weighted by atomic mass is 10.0. The first kappa shape index (κ1) is 19.0. The van der Waals surface area contributed by atoms with E-state index < -0.39 is 6.04 Å². The Morgan fingerprint density at radius 1 is 1.09 bits per heavy atom. The molecule has 0 radical (unpaired) electrons. The van der Waals surface area contributed by atoms with Crippen molar-refractivity contribution in [2.45, 2.75) is 25.9 Å². The molecule has 124 valence electrons. The molecule has 0 aliphatic rings. The summed E-state index contributed by atoms with van der Waals surface area (Å²) in [6.07, 6.45) is 0. The molecular weight excluding hydrogens is 312 g/mol. The van der Waals surface area contributed by atoms with E-state index in [4.69, 9.17) is 10.5 Å². The molecule has 2 aromatic carbocycles. The summed E-state index contributed by atoms with van der Waals surface area (Å²) in [5.74, 6) is 0.690. The predicted molar refractivity (Wildman–Crippen MR) is 95.9 cm³/mol.